The van der Waals surface area contributed by atoms with Gasteiger partial charge >= 0.3 is 0 Å². The van der Waals surface area contributed by atoms with E-state index in [4.69, 9.17) is 4.42 Å². The number of nitrogens with zero attached hydrogens (tertiary/aromatic N) is 3. The van der Waals surface area contributed by atoms with Crippen molar-refractivity contribution in [3.05, 3.63) is 48.5 Å². The number of oxazole rings is 1. The summed E-state index contributed by atoms with van der Waals surface area (Å²) in [7, 11) is -3.56. The topological polar surface area (TPSA) is 95.8 Å². The van der Waals surface area contributed by atoms with E-state index >= 15 is 0 Å². The first-order chi connectivity index (χ1) is 16.5. The normalized spacial score (nSPS) is 18.6. The highest BCUT2D eigenvalue weighted by Crippen LogP contribution is 2.28. The van der Waals surface area contributed by atoms with E-state index in [9.17, 15) is 13.2 Å². The van der Waals surface area contributed by atoms with Crippen LogP contribution in [0.2, 0.25) is 0 Å². The maximum Gasteiger partial charge on any atom is 0.298 e. The molecule has 0 radical (unpaired) electrons. The van der Waals surface area contributed by atoms with E-state index in [1.807, 2.05) is 24.3 Å². The molecule has 3 aromatic rings. The predicted molar refractivity (Wildman–Crippen MR) is 131 cm³/mol. The summed E-state index contributed by atoms with van der Waals surface area (Å²) in [5, 5.41) is 2.94. The van der Waals surface area contributed by atoms with Gasteiger partial charge in [0.1, 0.15) is 5.52 Å². The average molecular weight is 483 g/mol. The standard InChI is InChI=1S/C25H30N4O4S/c30-24(19-12-16-28(17-13-19)25-27-22-10-3-4-11-23(22)33-25)26-20-8-7-9-21(18-20)34(31,32)29-14-5-1-2-6-15-29/h3-4,7-11,18-19H,1-2,5-6,12-17H2,(H,26,30). The fraction of sp³-hybridized carbons (Fsp3) is 0.440. The first-order valence-electron chi connectivity index (χ1n) is 12.0. The molecule has 5 rings (SSSR count). The molecule has 0 spiro atoms. The smallest absolute Gasteiger partial charge is 0.298 e. The Hall–Kier alpha value is -2.91. The number of hydrogen-bond donors (Lipinski definition) is 1. The van der Waals surface area contributed by atoms with Gasteiger partial charge in [0.2, 0.25) is 15.9 Å². The number of aromatic nitrogens is 1. The molecule has 3 heterocycles. The van der Waals surface area contributed by atoms with Crippen LogP contribution >= 0.6 is 0 Å². The summed E-state index contributed by atoms with van der Waals surface area (Å²) >= 11 is 0. The summed E-state index contributed by atoms with van der Waals surface area (Å²) in [6.07, 6.45) is 5.25. The van der Waals surface area contributed by atoms with Crippen molar-refractivity contribution < 1.29 is 17.6 Å². The Labute approximate surface area is 200 Å². The van der Waals surface area contributed by atoms with Crippen LogP contribution < -0.4 is 10.2 Å². The van der Waals surface area contributed by atoms with E-state index in [1.165, 1.54) is 0 Å². The third-order valence-corrected chi connectivity index (χ3v) is 8.62. The molecule has 8 nitrogen and oxygen atoms in total. The second kappa shape index (κ2) is 9.76. The van der Waals surface area contributed by atoms with Crippen LogP contribution in [0.5, 0.6) is 0 Å². The number of carbonyl (C=O) groups is 1. The summed E-state index contributed by atoms with van der Waals surface area (Å²) in [6.45, 7) is 2.46. The first kappa shape index (κ1) is 22.9. The zero-order valence-corrected chi connectivity index (χ0v) is 20.0. The minimum atomic E-state index is -3.56. The van der Waals surface area contributed by atoms with Gasteiger partial charge in [-0.25, -0.2) is 8.42 Å². The van der Waals surface area contributed by atoms with Crippen molar-refractivity contribution in [1.82, 2.24) is 9.29 Å². The number of sulfonamides is 1. The van der Waals surface area contributed by atoms with Gasteiger partial charge in [-0.1, -0.05) is 31.0 Å². The van der Waals surface area contributed by atoms with E-state index in [2.05, 4.69) is 15.2 Å². The first-order valence-corrected chi connectivity index (χ1v) is 13.5. The molecule has 180 valence electrons. The molecular formula is C25H30N4O4S. The van der Waals surface area contributed by atoms with Gasteiger partial charge < -0.3 is 14.6 Å². The summed E-state index contributed by atoms with van der Waals surface area (Å²) in [6, 6.07) is 14.9. The van der Waals surface area contributed by atoms with Crippen LogP contribution in [0.1, 0.15) is 38.5 Å². The molecule has 1 aromatic heterocycles. The number of amides is 1. The Morgan fingerprint density at radius 3 is 2.41 bits per heavy atom. The van der Waals surface area contributed by atoms with E-state index in [-0.39, 0.29) is 16.7 Å². The zero-order valence-electron chi connectivity index (χ0n) is 19.2. The van der Waals surface area contributed by atoms with Gasteiger partial charge in [-0.2, -0.15) is 9.29 Å². The number of para-hydroxylation sites is 2. The van der Waals surface area contributed by atoms with Crippen LogP contribution in [0.4, 0.5) is 11.7 Å². The number of anilines is 2. The Morgan fingerprint density at radius 1 is 0.941 bits per heavy atom. The highest BCUT2D eigenvalue weighted by molar-refractivity contribution is 7.89. The van der Waals surface area contributed by atoms with E-state index in [1.54, 1.807) is 28.6 Å². The second-order valence-corrected chi connectivity index (χ2v) is 11.0. The molecule has 0 aliphatic carbocycles. The minimum absolute atomic E-state index is 0.0819. The quantitative estimate of drug-likeness (QED) is 0.584. The zero-order chi connectivity index (χ0) is 23.5. The van der Waals surface area contributed by atoms with Crippen molar-refractivity contribution >= 4 is 38.7 Å². The van der Waals surface area contributed by atoms with Crippen molar-refractivity contribution in [3.8, 4) is 0 Å². The number of piperidine rings is 1. The highest BCUT2D eigenvalue weighted by Gasteiger charge is 2.28. The number of carbonyl (C=O) groups excluding carboxylic acids is 1. The summed E-state index contributed by atoms with van der Waals surface area (Å²) in [4.78, 5) is 19.8. The number of hydrogen-bond acceptors (Lipinski definition) is 6. The molecule has 2 aliphatic heterocycles. The molecular weight excluding hydrogens is 452 g/mol. The lowest BCUT2D eigenvalue weighted by atomic mass is 9.96. The van der Waals surface area contributed by atoms with Gasteiger partial charge in [0, 0.05) is 37.8 Å². The number of fused-ring (bicyclic) bond motifs is 1. The van der Waals surface area contributed by atoms with Crippen LogP contribution in [-0.2, 0) is 14.8 Å². The van der Waals surface area contributed by atoms with Crippen molar-refractivity contribution in [2.45, 2.75) is 43.4 Å². The lowest BCUT2D eigenvalue weighted by Crippen LogP contribution is -2.38. The molecule has 0 unspecified atom stereocenters. The Morgan fingerprint density at radius 2 is 1.68 bits per heavy atom. The van der Waals surface area contributed by atoms with Crippen LogP contribution in [-0.4, -0.2) is 49.8 Å². The van der Waals surface area contributed by atoms with E-state index < -0.39 is 10.0 Å². The van der Waals surface area contributed by atoms with Gasteiger partial charge in [-0.15, -0.1) is 0 Å². The lowest BCUT2D eigenvalue weighted by Gasteiger charge is -2.30. The lowest BCUT2D eigenvalue weighted by molar-refractivity contribution is -0.120. The van der Waals surface area contributed by atoms with Crippen molar-refractivity contribution in [2.75, 3.05) is 36.4 Å². The largest absolute Gasteiger partial charge is 0.423 e. The molecule has 2 saturated heterocycles. The average Bonchev–Trinajstić information content (AvgIpc) is 3.09. The van der Waals surface area contributed by atoms with Crippen molar-refractivity contribution in [3.63, 3.8) is 0 Å². The minimum Gasteiger partial charge on any atom is -0.423 e. The Balaban J connectivity index is 1.21. The number of benzene rings is 2. The Bertz CT molecular complexity index is 1220. The number of rotatable bonds is 5. The van der Waals surface area contributed by atoms with Gasteiger partial charge in [-0.3, -0.25) is 4.79 Å². The van der Waals surface area contributed by atoms with Crippen LogP contribution in [0, 0.1) is 5.92 Å². The molecule has 2 aliphatic rings. The van der Waals surface area contributed by atoms with Crippen LogP contribution in [0.15, 0.2) is 57.8 Å². The van der Waals surface area contributed by atoms with E-state index in [0.29, 0.717) is 50.7 Å². The molecule has 2 aromatic carbocycles. The third kappa shape index (κ3) is 4.81. The second-order valence-electron chi connectivity index (χ2n) is 9.06. The molecule has 1 N–H and O–H groups in total. The predicted octanol–water partition coefficient (Wildman–Crippen LogP) is 4.25. The Kier molecular flexibility index (Phi) is 6.56. The molecule has 1 amide bonds. The molecule has 0 atom stereocenters. The van der Waals surface area contributed by atoms with Crippen LogP contribution in [0.25, 0.3) is 11.1 Å². The molecule has 34 heavy (non-hydrogen) atoms. The van der Waals surface area contributed by atoms with Gasteiger partial charge in [-0.05, 0) is 56.0 Å². The summed E-state index contributed by atoms with van der Waals surface area (Å²) in [5.41, 5.74) is 2.10. The van der Waals surface area contributed by atoms with Gasteiger partial charge in [0.25, 0.3) is 6.01 Å². The van der Waals surface area contributed by atoms with Crippen LogP contribution in [0.3, 0.4) is 0 Å². The molecule has 0 saturated carbocycles. The van der Waals surface area contributed by atoms with Gasteiger partial charge in [0.15, 0.2) is 5.58 Å². The fourth-order valence-electron chi connectivity index (χ4n) is 4.74. The SMILES string of the molecule is O=C(Nc1cccc(S(=O)(=O)N2CCCCCC2)c1)C1CCN(c2nc3ccccc3o2)CC1. The van der Waals surface area contributed by atoms with Crippen molar-refractivity contribution in [2.24, 2.45) is 5.92 Å². The number of nitrogens with one attached hydrogen (secondary N) is 1. The van der Waals surface area contributed by atoms with Gasteiger partial charge in [0.05, 0.1) is 4.90 Å². The molecule has 2 fully saturated rings. The van der Waals surface area contributed by atoms with E-state index in [0.717, 1.165) is 36.8 Å². The maximum absolute atomic E-state index is 13.1. The fourth-order valence-corrected chi connectivity index (χ4v) is 6.30. The molecule has 9 heteroatoms. The van der Waals surface area contributed by atoms with Crippen molar-refractivity contribution in [1.29, 1.82) is 0 Å². The summed E-state index contributed by atoms with van der Waals surface area (Å²) < 4.78 is 33.6. The maximum atomic E-state index is 13.1. The third-order valence-electron chi connectivity index (χ3n) is 6.72. The summed E-state index contributed by atoms with van der Waals surface area (Å²) in [5.74, 6) is -0.229. The highest BCUT2D eigenvalue weighted by atomic mass is 32.2. The monoisotopic (exact) mass is 482 g/mol. The molecule has 0 bridgehead atoms.